The predicted molar refractivity (Wildman–Crippen MR) is 62.0 cm³/mol. The Balaban J connectivity index is 2.34. The molecular formula is C11H17N3O2. The first-order valence-electron chi connectivity index (χ1n) is 5.20. The third-order valence-electron chi connectivity index (χ3n) is 2.12. The van der Waals surface area contributed by atoms with Crippen LogP contribution in [-0.2, 0) is 9.53 Å². The van der Waals surface area contributed by atoms with E-state index in [1.807, 2.05) is 0 Å². The first kappa shape index (κ1) is 12.6. The largest absolute Gasteiger partial charge is 0.385 e. The highest BCUT2D eigenvalue weighted by atomic mass is 16.5. The Hall–Kier alpha value is -1.46. The van der Waals surface area contributed by atoms with Gasteiger partial charge in [-0.25, -0.2) is 4.98 Å². The molecule has 0 aromatic carbocycles. The average Bonchev–Trinajstić information content (AvgIpc) is 2.30. The summed E-state index contributed by atoms with van der Waals surface area (Å²) in [6, 6.07) is 4.80. The van der Waals surface area contributed by atoms with Gasteiger partial charge in [-0.1, -0.05) is 6.07 Å². The maximum atomic E-state index is 11.6. The molecule has 0 saturated heterocycles. The van der Waals surface area contributed by atoms with Crippen molar-refractivity contribution in [3.05, 3.63) is 24.4 Å². The first-order chi connectivity index (χ1) is 7.74. The molecule has 1 amide bonds. The Morgan fingerprint density at radius 2 is 2.44 bits per heavy atom. The Bertz CT molecular complexity index is 316. The minimum Gasteiger partial charge on any atom is -0.385 e. The van der Waals surface area contributed by atoms with E-state index in [0.29, 0.717) is 18.8 Å². The molecule has 1 aromatic rings. The Morgan fingerprint density at radius 1 is 1.62 bits per heavy atom. The molecule has 0 saturated carbocycles. The van der Waals surface area contributed by atoms with Crippen molar-refractivity contribution in [2.75, 3.05) is 19.0 Å². The number of aromatic nitrogens is 1. The number of hydrogen-bond acceptors (Lipinski definition) is 4. The lowest BCUT2D eigenvalue weighted by molar-refractivity contribution is -0.117. The zero-order valence-electron chi connectivity index (χ0n) is 9.35. The number of methoxy groups -OCH3 is 1. The van der Waals surface area contributed by atoms with Gasteiger partial charge in [-0.05, 0) is 25.0 Å². The van der Waals surface area contributed by atoms with Crippen LogP contribution in [0.4, 0.5) is 5.82 Å². The van der Waals surface area contributed by atoms with Gasteiger partial charge in [-0.2, -0.15) is 0 Å². The van der Waals surface area contributed by atoms with Gasteiger partial charge in [0.2, 0.25) is 5.91 Å². The van der Waals surface area contributed by atoms with E-state index < -0.39 is 6.04 Å². The second kappa shape index (κ2) is 6.92. The van der Waals surface area contributed by atoms with Crippen LogP contribution in [0.5, 0.6) is 0 Å². The molecule has 3 N–H and O–H groups in total. The molecule has 1 rings (SSSR count). The first-order valence-corrected chi connectivity index (χ1v) is 5.20. The highest BCUT2D eigenvalue weighted by Crippen LogP contribution is 2.02. The number of amides is 1. The van der Waals surface area contributed by atoms with Crippen molar-refractivity contribution in [3.8, 4) is 0 Å². The molecule has 0 aliphatic rings. The van der Waals surface area contributed by atoms with Crippen LogP contribution in [0, 0.1) is 0 Å². The molecular weight excluding hydrogens is 206 g/mol. The molecule has 0 spiro atoms. The molecule has 1 atom stereocenters. The number of nitrogens with one attached hydrogen (secondary N) is 1. The zero-order chi connectivity index (χ0) is 11.8. The van der Waals surface area contributed by atoms with E-state index in [4.69, 9.17) is 10.5 Å². The van der Waals surface area contributed by atoms with Crippen LogP contribution in [0.25, 0.3) is 0 Å². The number of carbonyl (C=O) groups excluding carboxylic acids is 1. The Labute approximate surface area is 95.0 Å². The molecule has 5 heteroatoms. The van der Waals surface area contributed by atoms with E-state index in [2.05, 4.69) is 10.3 Å². The third-order valence-corrected chi connectivity index (χ3v) is 2.12. The molecule has 1 unspecified atom stereocenters. The van der Waals surface area contributed by atoms with E-state index in [9.17, 15) is 4.79 Å². The number of hydrogen-bond donors (Lipinski definition) is 2. The van der Waals surface area contributed by atoms with Crippen molar-refractivity contribution in [2.45, 2.75) is 18.9 Å². The Morgan fingerprint density at radius 3 is 3.06 bits per heavy atom. The molecule has 16 heavy (non-hydrogen) atoms. The summed E-state index contributed by atoms with van der Waals surface area (Å²) in [6.45, 7) is 0.616. The molecule has 0 aliphatic heterocycles. The van der Waals surface area contributed by atoms with E-state index >= 15 is 0 Å². The van der Waals surface area contributed by atoms with E-state index in [1.165, 1.54) is 0 Å². The van der Waals surface area contributed by atoms with Crippen LogP contribution in [0.3, 0.4) is 0 Å². The summed E-state index contributed by atoms with van der Waals surface area (Å²) in [6.07, 6.45) is 2.99. The van der Waals surface area contributed by atoms with E-state index in [1.54, 1.807) is 31.5 Å². The Kier molecular flexibility index (Phi) is 5.45. The highest BCUT2D eigenvalue weighted by molar-refractivity contribution is 5.93. The molecule has 5 nitrogen and oxygen atoms in total. The number of rotatable bonds is 6. The fourth-order valence-electron chi connectivity index (χ4n) is 1.23. The van der Waals surface area contributed by atoms with Crippen molar-refractivity contribution in [1.29, 1.82) is 0 Å². The molecule has 1 heterocycles. The van der Waals surface area contributed by atoms with Gasteiger partial charge < -0.3 is 15.8 Å². The quantitative estimate of drug-likeness (QED) is 0.698. The maximum Gasteiger partial charge on any atom is 0.242 e. The van der Waals surface area contributed by atoms with Gasteiger partial charge in [-0.3, -0.25) is 4.79 Å². The van der Waals surface area contributed by atoms with Crippen molar-refractivity contribution in [2.24, 2.45) is 5.73 Å². The van der Waals surface area contributed by atoms with Crippen LogP contribution in [0.2, 0.25) is 0 Å². The summed E-state index contributed by atoms with van der Waals surface area (Å²) >= 11 is 0. The molecule has 0 aliphatic carbocycles. The van der Waals surface area contributed by atoms with Crippen LogP contribution in [0.1, 0.15) is 12.8 Å². The van der Waals surface area contributed by atoms with Crippen LogP contribution < -0.4 is 11.1 Å². The number of anilines is 1. The number of pyridine rings is 1. The lowest BCUT2D eigenvalue weighted by atomic mass is 10.1. The topological polar surface area (TPSA) is 77.2 Å². The maximum absolute atomic E-state index is 11.6. The minimum absolute atomic E-state index is 0.213. The van der Waals surface area contributed by atoms with Gasteiger partial charge in [-0.15, -0.1) is 0 Å². The standard InChI is InChI=1S/C11H17N3O2/c1-16-8-4-5-9(12)11(15)14-10-6-2-3-7-13-10/h2-3,6-7,9H,4-5,8,12H2,1H3,(H,13,14,15). The average molecular weight is 223 g/mol. The van der Waals surface area contributed by atoms with Crippen LogP contribution in [-0.4, -0.2) is 30.6 Å². The third kappa shape index (κ3) is 4.37. The zero-order valence-corrected chi connectivity index (χ0v) is 9.35. The normalized spacial score (nSPS) is 12.1. The van der Waals surface area contributed by atoms with Crippen LogP contribution in [0.15, 0.2) is 24.4 Å². The number of nitrogens with two attached hydrogens (primary N) is 1. The predicted octanol–water partition coefficient (Wildman–Crippen LogP) is 0.774. The van der Waals surface area contributed by atoms with E-state index in [-0.39, 0.29) is 5.91 Å². The number of nitrogens with zero attached hydrogens (tertiary/aromatic N) is 1. The second-order valence-electron chi connectivity index (χ2n) is 3.45. The number of ether oxygens (including phenoxy) is 1. The summed E-state index contributed by atoms with van der Waals surface area (Å²) in [7, 11) is 1.62. The fourth-order valence-corrected chi connectivity index (χ4v) is 1.23. The molecule has 88 valence electrons. The summed E-state index contributed by atoms with van der Waals surface area (Å²) in [4.78, 5) is 15.6. The van der Waals surface area contributed by atoms with Crippen molar-refractivity contribution in [1.82, 2.24) is 4.98 Å². The van der Waals surface area contributed by atoms with Crippen molar-refractivity contribution >= 4 is 11.7 Å². The van der Waals surface area contributed by atoms with Gasteiger partial charge in [0, 0.05) is 19.9 Å². The molecule has 0 fully saturated rings. The molecule has 0 radical (unpaired) electrons. The summed E-state index contributed by atoms with van der Waals surface area (Å²) in [5.74, 6) is 0.310. The SMILES string of the molecule is COCCCC(N)C(=O)Nc1ccccn1. The highest BCUT2D eigenvalue weighted by Gasteiger charge is 2.13. The van der Waals surface area contributed by atoms with Gasteiger partial charge in [0.25, 0.3) is 0 Å². The summed E-state index contributed by atoms with van der Waals surface area (Å²) in [5.41, 5.74) is 5.71. The molecule has 1 aromatic heterocycles. The second-order valence-corrected chi connectivity index (χ2v) is 3.45. The van der Waals surface area contributed by atoms with Gasteiger partial charge in [0.15, 0.2) is 0 Å². The fraction of sp³-hybridized carbons (Fsp3) is 0.455. The smallest absolute Gasteiger partial charge is 0.242 e. The monoisotopic (exact) mass is 223 g/mol. The minimum atomic E-state index is -0.517. The molecule has 0 bridgehead atoms. The summed E-state index contributed by atoms with van der Waals surface area (Å²) < 4.78 is 4.89. The van der Waals surface area contributed by atoms with Gasteiger partial charge in [0.05, 0.1) is 6.04 Å². The summed E-state index contributed by atoms with van der Waals surface area (Å²) in [5, 5.41) is 2.65. The van der Waals surface area contributed by atoms with Gasteiger partial charge in [0.1, 0.15) is 5.82 Å². The van der Waals surface area contributed by atoms with Crippen molar-refractivity contribution < 1.29 is 9.53 Å². The van der Waals surface area contributed by atoms with Crippen LogP contribution >= 0.6 is 0 Å². The number of carbonyl (C=O) groups is 1. The lowest BCUT2D eigenvalue weighted by Crippen LogP contribution is -2.35. The lowest BCUT2D eigenvalue weighted by Gasteiger charge is -2.11. The van der Waals surface area contributed by atoms with Crippen molar-refractivity contribution in [3.63, 3.8) is 0 Å². The van der Waals surface area contributed by atoms with E-state index in [0.717, 1.165) is 6.42 Å². The van der Waals surface area contributed by atoms with Gasteiger partial charge >= 0.3 is 0 Å².